The highest BCUT2D eigenvalue weighted by Crippen LogP contribution is 2.23. The summed E-state index contributed by atoms with van der Waals surface area (Å²) in [4.78, 5) is 13.1. The lowest BCUT2D eigenvalue weighted by Crippen LogP contribution is -2.60. The van der Waals surface area contributed by atoms with Crippen LogP contribution < -0.4 is 5.32 Å². The zero-order chi connectivity index (χ0) is 48.8. The molecule has 0 aromatic carbocycles. The fourth-order valence-electron chi connectivity index (χ4n) is 9.82. The van der Waals surface area contributed by atoms with E-state index >= 15 is 0 Å². The maximum atomic E-state index is 13.1. The lowest BCUT2D eigenvalue weighted by atomic mass is 9.99. The normalized spacial score (nSPS) is 20.0. The lowest BCUT2D eigenvalue weighted by molar-refractivity contribution is -0.302. The number of ether oxygens (including phenoxy) is 2. The predicted molar refractivity (Wildman–Crippen MR) is 278 cm³/mol. The summed E-state index contributed by atoms with van der Waals surface area (Å²) in [6.07, 6.45) is 46.1. The van der Waals surface area contributed by atoms with E-state index in [0.29, 0.717) is 12.8 Å². The van der Waals surface area contributed by atoms with Gasteiger partial charge in [-0.05, 0) is 12.8 Å². The van der Waals surface area contributed by atoms with Gasteiger partial charge in [-0.1, -0.05) is 284 Å². The molecule has 1 amide bonds. The summed E-state index contributed by atoms with van der Waals surface area (Å²) in [5.41, 5.74) is 0. The second-order valence-corrected chi connectivity index (χ2v) is 20.9. The van der Waals surface area contributed by atoms with Crippen molar-refractivity contribution in [3.05, 3.63) is 0 Å². The van der Waals surface area contributed by atoms with Gasteiger partial charge in [0.05, 0.1) is 25.4 Å². The number of carbonyl (C=O) groups excluding carboxylic acids is 1. The monoisotopic (exact) mass is 956 g/mol. The molecule has 0 saturated carbocycles. The first-order valence-electron chi connectivity index (χ1n) is 29.3. The molecular formula is C57H113NO9. The first-order valence-corrected chi connectivity index (χ1v) is 29.3. The van der Waals surface area contributed by atoms with Crippen LogP contribution in [0.4, 0.5) is 0 Å². The Hall–Kier alpha value is -0.850. The second-order valence-electron chi connectivity index (χ2n) is 20.9. The molecule has 0 aromatic heterocycles. The molecule has 400 valence electrons. The van der Waals surface area contributed by atoms with E-state index in [4.69, 9.17) is 9.47 Å². The average Bonchev–Trinajstić information content (AvgIpc) is 3.33. The van der Waals surface area contributed by atoms with Crippen molar-refractivity contribution in [1.82, 2.24) is 5.32 Å². The van der Waals surface area contributed by atoms with E-state index in [9.17, 15) is 35.4 Å². The minimum Gasteiger partial charge on any atom is -0.394 e. The van der Waals surface area contributed by atoms with E-state index in [0.717, 1.165) is 44.9 Å². The number of amides is 1. The Balaban J connectivity index is 2.15. The van der Waals surface area contributed by atoms with Crippen LogP contribution in [-0.4, -0.2) is 98.7 Å². The van der Waals surface area contributed by atoms with E-state index in [1.165, 1.54) is 225 Å². The number of rotatable bonds is 51. The fourth-order valence-corrected chi connectivity index (χ4v) is 9.82. The van der Waals surface area contributed by atoms with E-state index in [1.807, 2.05) is 0 Å². The quantitative estimate of drug-likeness (QED) is 0.0293. The van der Waals surface area contributed by atoms with Gasteiger partial charge in [-0.2, -0.15) is 0 Å². The Kier molecular flexibility index (Phi) is 45.5. The van der Waals surface area contributed by atoms with E-state index in [2.05, 4.69) is 19.2 Å². The lowest BCUT2D eigenvalue weighted by Gasteiger charge is -2.40. The average molecular weight is 957 g/mol. The number of carbonyl (C=O) groups is 1. The third-order valence-corrected chi connectivity index (χ3v) is 14.6. The maximum Gasteiger partial charge on any atom is 0.249 e. The zero-order valence-corrected chi connectivity index (χ0v) is 44.1. The third kappa shape index (κ3) is 36.7. The highest BCUT2D eigenvalue weighted by atomic mass is 16.7. The Morgan fingerprint density at radius 1 is 0.448 bits per heavy atom. The van der Waals surface area contributed by atoms with Crippen LogP contribution in [0.5, 0.6) is 0 Å². The summed E-state index contributed by atoms with van der Waals surface area (Å²) in [6.45, 7) is 3.71. The van der Waals surface area contributed by atoms with Gasteiger partial charge in [-0.3, -0.25) is 4.79 Å². The molecule has 0 aromatic rings. The van der Waals surface area contributed by atoms with Crippen molar-refractivity contribution in [2.24, 2.45) is 0 Å². The van der Waals surface area contributed by atoms with Gasteiger partial charge in [0.1, 0.15) is 30.5 Å². The van der Waals surface area contributed by atoms with Gasteiger partial charge in [-0.25, -0.2) is 0 Å². The van der Waals surface area contributed by atoms with Gasteiger partial charge >= 0.3 is 0 Å². The van der Waals surface area contributed by atoms with Crippen molar-refractivity contribution in [2.75, 3.05) is 13.2 Å². The zero-order valence-electron chi connectivity index (χ0n) is 44.1. The number of aliphatic hydroxyl groups excluding tert-OH is 6. The smallest absolute Gasteiger partial charge is 0.249 e. The van der Waals surface area contributed by atoms with Crippen molar-refractivity contribution in [2.45, 2.75) is 345 Å². The number of hydrogen-bond donors (Lipinski definition) is 7. The van der Waals surface area contributed by atoms with Gasteiger partial charge in [0.2, 0.25) is 5.91 Å². The molecule has 1 aliphatic rings. The van der Waals surface area contributed by atoms with Gasteiger partial charge in [-0.15, -0.1) is 0 Å². The van der Waals surface area contributed by atoms with Crippen LogP contribution in [0.2, 0.25) is 0 Å². The number of hydrogen-bond acceptors (Lipinski definition) is 9. The minimum absolute atomic E-state index is 0.250. The van der Waals surface area contributed by atoms with Gasteiger partial charge in [0.25, 0.3) is 0 Å². The molecule has 1 fully saturated rings. The van der Waals surface area contributed by atoms with Crippen LogP contribution in [0.15, 0.2) is 0 Å². The van der Waals surface area contributed by atoms with E-state index < -0.39 is 61.5 Å². The van der Waals surface area contributed by atoms with Crippen molar-refractivity contribution < 1.29 is 44.9 Å². The van der Waals surface area contributed by atoms with Crippen LogP contribution in [0.25, 0.3) is 0 Å². The Labute approximate surface area is 413 Å². The van der Waals surface area contributed by atoms with Gasteiger partial charge in [0.15, 0.2) is 6.29 Å². The number of aliphatic hydroxyl groups is 6. The molecule has 0 radical (unpaired) electrons. The molecule has 10 heteroatoms. The molecule has 1 rings (SSSR count). The molecule has 0 bridgehead atoms. The summed E-state index contributed by atoms with van der Waals surface area (Å²) in [6, 6.07) is -0.889. The Morgan fingerprint density at radius 3 is 1.06 bits per heavy atom. The molecule has 8 atom stereocenters. The standard InChI is InChI=1S/C57H113NO9/c1-3-5-7-9-11-13-15-17-18-19-20-21-22-23-24-25-26-27-28-29-30-31-32-34-36-38-40-42-44-46-51(61)56(65)58-49(48-66-57-55(64)54(63)53(62)52(47-59)67-57)50(60)45-43-41-39-37-35-33-16-14-12-10-8-6-4-2/h49-55,57,59-64H,3-48H2,1-2H3,(H,58,65). The largest absolute Gasteiger partial charge is 0.394 e. The molecule has 8 unspecified atom stereocenters. The highest BCUT2D eigenvalue weighted by molar-refractivity contribution is 5.80. The minimum atomic E-state index is -1.59. The molecular weight excluding hydrogens is 843 g/mol. The predicted octanol–water partition coefficient (Wildman–Crippen LogP) is 13.2. The summed E-state index contributed by atoms with van der Waals surface area (Å²) in [5.74, 6) is -0.577. The van der Waals surface area contributed by atoms with Crippen molar-refractivity contribution in [1.29, 1.82) is 0 Å². The number of unbranched alkanes of at least 4 members (excludes halogenated alkanes) is 40. The maximum absolute atomic E-state index is 13.1. The summed E-state index contributed by atoms with van der Waals surface area (Å²) in [5, 5.41) is 65.1. The summed E-state index contributed by atoms with van der Waals surface area (Å²) < 4.78 is 11.2. The van der Waals surface area contributed by atoms with Crippen LogP contribution in [-0.2, 0) is 14.3 Å². The van der Waals surface area contributed by atoms with Crippen LogP contribution in [0.1, 0.15) is 296 Å². The molecule has 7 N–H and O–H groups in total. The topological polar surface area (TPSA) is 169 Å². The Bertz CT molecular complexity index is 1040. The molecule has 1 aliphatic heterocycles. The third-order valence-electron chi connectivity index (χ3n) is 14.6. The molecule has 0 aliphatic carbocycles. The molecule has 67 heavy (non-hydrogen) atoms. The van der Waals surface area contributed by atoms with Crippen LogP contribution in [0.3, 0.4) is 0 Å². The molecule has 1 saturated heterocycles. The van der Waals surface area contributed by atoms with Crippen molar-refractivity contribution in [3.63, 3.8) is 0 Å². The molecule has 0 spiro atoms. The van der Waals surface area contributed by atoms with Gasteiger partial charge < -0.3 is 45.4 Å². The SMILES string of the molecule is CCCCCCCCCCCCCCCCCCCCCCCCCCCCCCCC(O)C(=O)NC(COC1OC(CO)C(O)C(O)C1O)C(O)CCCCCCCCCCCCCCC. The number of nitrogens with one attached hydrogen (secondary N) is 1. The van der Waals surface area contributed by atoms with Crippen LogP contribution >= 0.6 is 0 Å². The van der Waals surface area contributed by atoms with Gasteiger partial charge in [0, 0.05) is 0 Å². The van der Waals surface area contributed by atoms with E-state index in [-0.39, 0.29) is 6.61 Å². The second kappa shape index (κ2) is 47.5. The summed E-state index contributed by atoms with van der Waals surface area (Å²) in [7, 11) is 0. The Morgan fingerprint density at radius 2 is 0.746 bits per heavy atom. The summed E-state index contributed by atoms with van der Waals surface area (Å²) >= 11 is 0. The fraction of sp³-hybridized carbons (Fsp3) is 0.982. The van der Waals surface area contributed by atoms with Crippen molar-refractivity contribution >= 4 is 5.91 Å². The first-order chi connectivity index (χ1) is 32.8. The first kappa shape index (κ1) is 64.2. The molecule has 1 heterocycles. The van der Waals surface area contributed by atoms with Crippen LogP contribution in [0, 0.1) is 0 Å². The highest BCUT2D eigenvalue weighted by Gasteiger charge is 2.44. The van der Waals surface area contributed by atoms with E-state index in [1.54, 1.807) is 0 Å². The molecule has 10 nitrogen and oxygen atoms in total. The van der Waals surface area contributed by atoms with Crippen molar-refractivity contribution in [3.8, 4) is 0 Å².